The average Bonchev–Trinajstić information content (AvgIpc) is 3.71. The summed E-state index contributed by atoms with van der Waals surface area (Å²) in [6, 6.07) is -0.909. The standard InChI is InChI=1S/C79H143N2O6P/c1-6-8-10-12-14-16-18-20-22-24-26-28-30-32-33-34-35-36-37-38-39-40-41-42-43-44-45-46-47-49-51-53-55-57-59-61-63-65-67-69-71-73-79(83)80-77(76-87-88(84,85)86-75-74-81(3,4)5)78(82)72-70-68-66-64-62-60-58-56-54-52-50-48-31-29-27-25-23-21-19-17-15-13-11-9-7-2/h8,10,14,16,20,22,26,28,32-33,35-36,38-39,62,64,70,72,77-78,82H,6-7,9,11-13,15,17-19,21,23-25,27,29-31,34,37,40-61,63,65-69,71,73-76H2,1-5H3,(H-,80,83,84,85)/b10-8-,16-14-,22-20-,28-26-,33-32-,36-35-,39-38-,64-62+,72-70+. The van der Waals surface area contributed by atoms with Crippen LogP contribution in [0, 0.1) is 0 Å². The lowest BCUT2D eigenvalue weighted by molar-refractivity contribution is -0.870. The van der Waals surface area contributed by atoms with Crippen LogP contribution in [0.2, 0.25) is 0 Å². The molecule has 9 heteroatoms. The van der Waals surface area contributed by atoms with Gasteiger partial charge in [0.05, 0.1) is 39.9 Å². The van der Waals surface area contributed by atoms with Crippen LogP contribution >= 0.6 is 7.82 Å². The van der Waals surface area contributed by atoms with Gasteiger partial charge in [0.2, 0.25) is 5.91 Å². The van der Waals surface area contributed by atoms with E-state index in [1.165, 1.54) is 231 Å². The fourth-order valence-electron chi connectivity index (χ4n) is 10.7. The highest BCUT2D eigenvalue weighted by Gasteiger charge is 2.23. The Bertz CT molecular complexity index is 1810. The van der Waals surface area contributed by atoms with E-state index in [1.807, 2.05) is 27.2 Å². The van der Waals surface area contributed by atoms with E-state index < -0.39 is 26.6 Å². The highest BCUT2D eigenvalue weighted by Crippen LogP contribution is 2.38. The molecule has 0 rings (SSSR count). The number of nitrogens with one attached hydrogen (secondary N) is 1. The van der Waals surface area contributed by atoms with Crippen molar-refractivity contribution < 1.29 is 32.9 Å². The van der Waals surface area contributed by atoms with Gasteiger partial charge in [-0.05, 0) is 89.9 Å². The van der Waals surface area contributed by atoms with Gasteiger partial charge < -0.3 is 28.8 Å². The number of phosphoric acid groups is 1. The summed E-state index contributed by atoms with van der Waals surface area (Å²) in [5, 5.41) is 14.0. The van der Waals surface area contributed by atoms with Gasteiger partial charge >= 0.3 is 0 Å². The maximum atomic E-state index is 13.1. The van der Waals surface area contributed by atoms with E-state index in [9.17, 15) is 19.4 Å². The number of hydrogen-bond donors (Lipinski definition) is 2. The fourth-order valence-corrected chi connectivity index (χ4v) is 11.5. The van der Waals surface area contributed by atoms with Crippen LogP contribution in [0.1, 0.15) is 335 Å². The monoisotopic (exact) mass is 1250 g/mol. The van der Waals surface area contributed by atoms with Crippen molar-refractivity contribution in [2.45, 2.75) is 347 Å². The van der Waals surface area contributed by atoms with Crippen LogP contribution < -0.4 is 10.2 Å². The van der Waals surface area contributed by atoms with E-state index in [2.05, 4.69) is 116 Å². The van der Waals surface area contributed by atoms with Crippen molar-refractivity contribution >= 4 is 13.7 Å². The Hall–Kier alpha value is -2.84. The minimum atomic E-state index is -4.62. The van der Waals surface area contributed by atoms with E-state index in [0.717, 1.165) is 83.5 Å². The molecule has 1 amide bonds. The molecule has 0 saturated carbocycles. The Morgan fingerprint density at radius 3 is 1.06 bits per heavy atom. The average molecular weight is 1250 g/mol. The Kier molecular flexibility index (Phi) is 66.3. The van der Waals surface area contributed by atoms with E-state index in [-0.39, 0.29) is 12.5 Å². The summed E-state index contributed by atoms with van der Waals surface area (Å²) in [6.07, 6.45) is 101. The van der Waals surface area contributed by atoms with Crippen molar-refractivity contribution in [3.05, 3.63) is 109 Å². The van der Waals surface area contributed by atoms with Crippen LogP contribution in [0.3, 0.4) is 0 Å². The van der Waals surface area contributed by atoms with E-state index in [0.29, 0.717) is 17.4 Å². The lowest BCUT2D eigenvalue weighted by atomic mass is 10.0. The Morgan fingerprint density at radius 2 is 0.705 bits per heavy atom. The van der Waals surface area contributed by atoms with E-state index >= 15 is 0 Å². The molecule has 0 aliphatic heterocycles. The van der Waals surface area contributed by atoms with Crippen molar-refractivity contribution in [2.24, 2.45) is 0 Å². The normalized spacial score (nSPS) is 14.2. The lowest BCUT2D eigenvalue weighted by Gasteiger charge is -2.29. The van der Waals surface area contributed by atoms with Crippen molar-refractivity contribution in [3.63, 3.8) is 0 Å². The summed E-state index contributed by atoms with van der Waals surface area (Å²) < 4.78 is 23.5. The molecule has 2 N–H and O–H groups in total. The molecular formula is C79H143N2O6P. The number of amides is 1. The second-order valence-electron chi connectivity index (χ2n) is 26.3. The smallest absolute Gasteiger partial charge is 0.268 e. The van der Waals surface area contributed by atoms with Crippen molar-refractivity contribution in [1.29, 1.82) is 0 Å². The van der Waals surface area contributed by atoms with Crippen LogP contribution in [0.15, 0.2) is 109 Å². The largest absolute Gasteiger partial charge is 0.756 e. The minimum Gasteiger partial charge on any atom is -0.756 e. The molecular weight excluding hydrogens is 1100 g/mol. The van der Waals surface area contributed by atoms with Gasteiger partial charge in [0.25, 0.3) is 7.82 Å². The van der Waals surface area contributed by atoms with Gasteiger partial charge in [-0.3, -0.25) is 9.36 Å². The summed E-state index contributed by atoms with van der Waals surface area (Å²) in [6.45, 7) is 4.55. The molecule has 0 aliphatic carbocycles. The van der Waals surface area contributed by atoms with Crippen LogP contribution in [0.4, 0.5) is 0 Å². The molecule has 0 fully saturated rings. The highest BCUT2D eigenvalue weighted by molar-refractivity contribution is 7.45. The summed E-state index contributed by atoms with van der Waals surface area (Å²) in [7, 11) is 1.25. The molecule has 0 saturated heterocycles. The SMILES string of the molecule is CC/C=C\C/C=C\C/C=C\C/C=C\C/C=C\C/C=C\C/C=C\CCCCCCCCCCCCCCCCCCCCCC(=O)NC(COP(=O)([O-])OCC[N+](C)(C)C)C(O)/C=C/CC/C=C/CCCCCCCCCCCCCCCCCCCCC. The molecule has 0 aromatic rings. The quantitative estimate of drug-likeness (QED) is 0.0272. The van der Waals surface area contributed by atoms with Crippen LogP contribution in [0.25, 0.3) is 0 Å². The number of nitrogens with zero attached hydrogens (tertiary/aromatic N) is 1. The Labute approximate surface area is 546 Å². The number of carbonyl (C=O) groups excluding carboxylic acids is 1. The van der Waals surface area contributed by atoms with Gasteiger partial charge in [-0.2, -0.15) is 0 Å². The fraction of sp³-hybridized carbons (Fsp3) is 0.759. The maximum Gasteiger partial charge on any atom is 0.268 e. The second kappa shape index (κ2) is 68.5. The Balaban J connectivity index is 4.02. The third kappa shape index (κ3) is 70.6. The van der Waals surface area contributed by atoms with E-state index in [1.54, 1.807) is 6.08 Å². The third-order valence-corrected chi connectivity index (χ3v) is 17.4. The summed E-state index contributed by atoms with van der Waals surface area (Å²) in [5.74, 6) is -0.204. The molecule has 510 valence electrons. The molecule has 0 aliphatic rings. The predicted molar refractivity (Wildman–Crippen MR) is 385 cm³/mol. The number of rotatable bonds is 68. The van der Waals surface area contributed by atoms with E-state index in [4.69, 9.17) is 9.05 Å². The number of quaternary nitrogens is 1. The molecule has 0 bridgehead atoms. The number of aliphatic hydroxyl groups is 1. The molecule has 3 unspecified atom stereocenters. The molecule has 3 atom stereocenters. The third-order valence-electron chi connectivity index (χ3n) is 16.5. The molecule has 0 radical (unpaired) electrons. The molecule has 0 aromatic heterocycles. The van der Waals surface area contributed by atoms with Gasteiger partial charge in [-0.15, -0.1) is 0 Å². The predicted octanol–water partition coefficient (Wildman–Crippen LogP) is 23.6. The summed E-state index contributed by atoms with van der Waals surface area (Å²) in [5.41, 5.74) is 0. The highest BCUT2D eigenvalue weighted by atomic mass is 31.2. The van der Waals surface area contributed by atoms with Gasteiger partial charge in [0.1, 0.15) is 13.2 Å². The van der Waals surface area contributed by atoms with Crippen molar-refractivity contribution in [3.8, 4) is 0 Å². The van der Waals surface area contributed by atoms with Gasteiger partial charge in [-0.25, -0.2) is 0 Å². The zero-order valence-corrected chi connectivity index (χ0v) is 59.3. The molecule has 88 heavy (non-hydrogen) atoms. The maximum absolute atomic E-state index is 13.1. The van der Waals surface area contributed by atoms with Gasteiger partial charge in [0.15, 0.2) is 0 Å². The van der Waals surface area contributed by atoms with Crippen molar-refractivity contribution in [2.75, 3.05) is 40.9 Å². The molecule has 8 nitrogen and oxygen atoms in total. The molecule has 0 spiro atoms. The first-order valence-electron chi connectivity index (χ1n) is 37.2. The number of aliphatic hydroxyl groups excluding tert-OH is 1. The molecule has 0 aromatic carbocycles. The first-order chi connectivity index (χ1) is 43.0. The summed E-state index contributed by atoms with van der Waals surface area (Å²) >= 11 is 0. The van der Waals surface area contributed by atoms with Crippen LogP contribution in [-0.4, -0.2) is 68.5 Å². The zero-order valence-electron chi connectivity index (χ0n) is 58.4. The minimum absolute atomic E-state index is 0.00815. The number of unbranched alkanes of at least 4 members (excludes halogenated alkanes) is 39. The lowest BCUT2D eigenvalue weighted by Crippen LogP contribution is -2.45. The number of phosphoric ester groups is 1. The number of carbonyl (C=O) groups is 1. The first kappa shape index (κ1) is 85.2. The second-order valence-corrected chi connectivity index (χ2v) is 27.7. The summed E-state index contributed by atoms with van der Waals surface area (Å²) in [4.78, 5) is 25.7. The Morgan fingerprint density at radius 1 is 0.409 bits per heavy atom. The topological polar surface area (TPSA) is 108 Å². The van der Waals surface area contributed by atoms with Gasteiger partial charge in [-0.1, -0.05) is 348 Å². The van der Waals surface area contributed by atoms with Crippen LogP contribution in [0.5, 0.6) is 0 Å². The first-order valence-corrected chi connectivity index (χ1v) is 38.7. The van der Waals surface area contributed by atoms with Crippen molar-refractivity contribution in [1.82, 2.24) is 5.32 Å². The number of hydrogen-bond acceptors (Lipinski definition) is 6. The van der Waals surface area contributed by atoms with Crippen LogP contribution in [-0.2, 0) is 18.4 Å². The molecule has 0 heterocycles. The zero-order chi connectivity index (χ0) is 64.1. The van der Waals surface area contributed by atoms with Gasteiger partial charge in [0, 0.05) is 6.42 Å². The number of likely N-dealkylation sites (N-methyl/N-ethyl adjacent to an activating group) is 1. The number of allylic oxidation sites excluding steroid dienone is 17.